The van der Waals surface area contributed by atoms with Crippen molar-refractivity contribution in [1.29, 1.82) is 0 Å². The predicted molar refractivity (Wildman–Crippen MR) is 117 cm³/mol. The fourth-order valence-corrected chi connectivity index (χ4v) is 3.89. The van der Waals surface area contributed by atoms with Gasteiger partial charge in [-0.1, -0.05) is 76.1 Å². The van der Waals surface area contributed by atoms with Crippen LogP contribution in [0.3, 0.4) is 0 Å². The summed E-state index contributed by atoms with van der Waals surface area (Å²) in [6.45, 7) is 0. The molecule has 0 radical (unpaired) electrons. The Kier molecular flexibility index (Phi) is 5.26. The first-order valence-corrected chi connectivity index (χ1v) is 10.0. The van der Waals surface area contributed by atoms with E-state index in [-0.39, 0.29) is 11.3 Å². The molecule has 1 heterocycles. The zero-order valence-corrected chi connectivity index (χ0v) is 17.4. The summed E-state index contributed by atoms with van der Waals surface area (Å²) < 4.78 is 0.865. The summed E-state index contributed by atoms with van der Waals surface area (Å²) in [5.74, 6) is -1.65. The SMILES string of the molecule is O=C1C(=O)N(c2cccc(Cl)c2)C(c2ccc(Br)cc2)C1=C(O)c1ccccc1. The van der Waals surface area contributed by atoms with E-state index in [0.717, 1.165) is 4.47 Å². The van der Waals surface area contributed by atoms with Crippen molar-refractivity contribution in [2.24, 2.45) is 0 Å². The molecule has 0 aliphatic carbocycles. The van der Waals surface area contributed by atoms with Crippen LogP contribution in [0.5, 0.6) is 0 Å². The number of nitrogens with zero attached hydrogens (tertiary/aromatic N) is 1. The zero-order valence-electron chi connectivity index (χ0n) is 15.0. The Morgan fingerprint density at radius 3 is 2.28 bits per heavy atom. The van der Waals surface area contributed by atoms with Crippen LogP contribution in [-0.4, -0.2) is 16.8 Å². The largest absolute Gasteiger partial charge is 0.507 e. The van der Waals surface area contributed by atoms with Gasteiger partial charge < -0.3 is 5.11 Å². The molecular weight excluding hydrogens is 454 g/mol. The quantitative estimate of drug-likeness (QED) is 0.303. The summed E-state index contributed by atoms with van der Waals surface area (Å²) in [6, 6.07) is 22.0. The molecule has 1 aliphatic heterocycles. The first-order chi connectivity index (χ1) is 14.0. The molecule has 144 valence electrons. The molecule has 1 amide bonds. The van der Waals surface area contributed by atoms with Crippen molar-refractivity contribution in [3.05, 3.63) is 105 Å². The van der Waals surface area contributed by atoms with Crippen molar-refractivity contribution in [2.75, 3.05) is 4.90 Å². The topological polar surface area (TPSA) is 57.6 Å². The molecule has 1 unspecified atom stereocenters. The van der Waals surface area contributed by atoms with Crippen LogP contribution in [0.4, 0.5) is 5.69 Å². The number of hydrogen-bond donors (Lipinski definition) is 1. The third-order valence-corrected chi connectivity index (χ3v) is 5.53. The minimum Gasteiger partial charge on any atom is -0.507 e. The number of amides is 1. The van der Waals surface area contributed by atoms with E-state index in [2.05, 4.69) is 15.9 Å². The molecule has 3 aromatic rings. The van der Waals surface area contributed by atoms with Gasteiger partial charge in [-0.2, -0.15) is 0 Å². The molecule has 1 N–H and O–H groups in total. The Morgan fingerprint density at radius 1 is 0.931 bits per heavy atom. The number of rotatable bonds is 3. The second-order valence-electron chi connectivity index (χ2n) is 6.57. The van der Waals surface area contributed by atoms with Crippen LogP contribution in [0.15, 0.2) is 88.9 Å². The molecule has 1 atom stereocenters. The molecule has 1 fully saturated rings. The maximum Gasteiger partial charge on any atom is 0.300 e. The second-order valence-corrected chi connectivity index (χ2v) is 7.92. The van der Waals surface area contributed by atoms with Crippen molar-refractivity contribution < 1.29 is 14.7 Å². The average molecular weight is 469 g/mol. The molecule has 1 aliphatic rings. The summed E-state index contributed by atoms with van der Waals surface area (Å²) in [4.78, 5) is 27.4. The number of hydrogen-bond acceptors (Lipinski definition) is 3. The standard InChI is InChI=1S/C23H15BrClNO3/c24-16-11-9-14(10-12-16)20-19(21(27)15-5-2-1-3-6-15)22(28)23(29)26(20)18-8-4-7-17(25)13-18/h1-13,20,27H. The van der Waals surface area contributed by atoms with Gasteiger partial charge in [-0.15, -0.1) is 0 Å². The first-order valence-electron chi connectivity index (χ1n) is 8.85. The van der Waals surface area contributed by atoms with Gasteiger partial charge in [0.1, 0.15) is 5.76 Å². The Bertz CT molecular complexity index is 1130. The van der Waals surface area contributed by atoms with E-state index < -0.39 is 17.7 Å². The van der Waals surface area contributed by atoms with Gasteiger partial charge in [0.25, 0.3) is 11.7 Å². The summed E-state index contributed by atoms with van der Waals surface area (Å²) >= 11 is 9.53. The summed E-state index contributed by atoms with van der Waals surface area (Å²) in [7, 11) is 0. The number of anilines is 1. The van der Waals surface area contributed by atoms with Crippen molar-refractivity contribution in [2.45, 2.75) is 6.04 Å². The second kappa shape index (κ2) is 7.85. The van der Waals surface area contributed by atoms with Gasteiger partial charge in [0, 0.05) is 20.7 Å². The lowest BCUT2D eigenvalue weighted by Gasteiger charge is -2.25. The van der Waals surface area contributed by atoms with Gasteiger partial charge in [-0.05, 0) is 35.9 Å². The maximum absolute atomic E-state index is 13.0. The van der Waals surface area contributed by atoms with E-state index in [9.17, 15) is 14.7 Å². The minimum absolute atomic E-state index is 0.0449. The van der Waals surface area contributed by atoms with Crippen LogP contribution in [0.25, 0.3) is 5.76 Å². The van der Waals surface area contributed by atoms with E-state index in [1.54, 1.807) is 48.5 Å². The predicted octanol–water partition coefficient (Wildman–Crippen LogP) is 5.73. The molecule has 29 heavy (non-hydrogen) atoms. The number of carbonyl (C=O) groups is 2. The number of aliphatic hydroxyl groups is 1. The number of aliphatic hydroxyl groups excluding tert-OH is 1. The highest BCUT2D eigenvalue weighted by atomic mass is 79.9. The number of halogens is 2. The number of Topliss-reactive ketones (excluding diaryl/α,β-unsaturated/α-hetero) is 1. The van der Waals surface area contributed by atoms with Crippen LogP contribution < -0.4 is 4.90 Å². The smallest absolute Gasteiger partial charge is 0.300 e. The lowest BCUT2D eigenvalue weighted by molar-refractivity contribution is -0.132. The van der Waals surface area contributed by atoms with E-state index in [1.165, 1.54) is 4.90 Å². The lowest BCUT2D eigenvalue weighted by atomic mass is 9.95. The van der Waals surface area contributed by atoms with Crippen LogP contribution in [-0.2, 0) is 9.59 Å². The number of ketones is 1. The van der Waals surface area contributed by atoms with Gasteiger partial charge in [0.15, 0.2) is 0 Å². The van der Waals surface area contributed by atoms with Gasteiger partial charge >= 0.3 is 0 Å². The summed E-state index contributed by atoms with van der Waals surface area (Å²) in [5, 5.41) is 11.4. The Hall–Kier alpha value is -2.89. The van der Waals surface area contributed by atoms with Gasteiger partial charge in [0.05, 0.1) is 11.6 Å². The third kappa shape index (κ3) is 3.59. The Labute approximate surface area is 181 Å². The van der Waals surface area contributed by atoms with Gasteiger partial charge in [-0.25, -0.2) is 0 Å². The maximum atomic E-state index is 13.0. The molecule has 0 saturated carbocycles. The summed E-state index contributed by atoms with van der Waals surface area (Å²) in [5.41, 5.74) is 1.70. The average Bonchev–Trinajstić information content (AvgIpc) is 2.99. The monoisotopic (exact) mass is 467 g/mol. The third-order valence-electron chi connectivity index (χ3n) is 4.76. The molecule has 4 rings (SSSR count). The Morgan fingerprint density at radius 2 is 1.62 bits per heavy atom. The van der Waals surface area contributed by atoms with Crippen molar-refractivity contribution >= 4 is 50.7 Å². The Balaban J connectivity index is 1.96. The van der Waals surface area contributed by atoms with Crippen molar-refractivity contribution in [1.82, 2.24) is 0 Å². The highest BCUT2D eigenvalue weighted by Gasteiger charge is 2.46. The minimum atomic E-state index is -0.776. The van der Waals surface area contributed by atoms with Crippen LogP contribution >= 0.6 is 27.5 Å². The molecule has 4 nitrogen and oxygen atoms in total. The number of benzene rings is 3. The molecular formula is C23H15BrClNO3. The molecule has 0 bridgehead atoms. The molecule has 0 spiro atoms. The van der Waals surface area contributed by atoms with Crippen LogP contribution in [0, 0.1) is 0 Å². The highest BCUT2D eigenvalue weighted by molar-refractivity contribution is 9.10. The van der Waals surface area contributed by atoms with Gasteiger partial charge in [0.2, 0.25) is 0 Å². The fraction of sp³-hybridized carbons (Fsp3) is 0.0435. The van der Waals surface area contributed by atoms with Gasteiger partial charge in [-0.3, -0.25) is 14.5 Å². The molecule has 3 aromatic carbocycles. The number of carbonyl (C=O) groups excluding carboxylic acids is 2. The van der Waals surface area contributed by atoms with Crippen LogP contribution in [0.1, 0.15) is 17.2 Å². The van der Waals surface area contributed by atoms with E-state index >= 15 is 0 Å². The first kappa shape index (κ1) is 19.4. The van der Waals surface area contributed by atoms with Crippen molar-refractivity contribution in [3.8, 4) is 0 Å². The fourth-order valence-electron chi connectivity index (χ4n) is 3.44. The highest BCUT2D eigenvalue weighted by Crippen LogP contribution is 2.42. The lowest BCUT2D eigenvalue weighted by Crippen LogP contribution is -2.29. The normalized spacial score (nSPS) is 18.3. The van der Waals surface area contributed by atoms with Crippen LogP contribution in [0.2, 0.25) is 5.02 Å². The van der Waals surface area contributed by atoms with E-state index in [0.29, 0.717) is 21.8 Å². The molecule has 6 heteroatoms. The zero-order chi connectivity index (χ0) is 20.5. The summed E-state index contributed by atoms with van der Waals surface area (Å²) in [6.07, 6.45) is 0. The van der Waals surface area contributed by atoms with E-state index in [4.69, 9.17) is 11.6 Å². The van der Waals surface area contributed by atoms with Crippen molar-refractivity contribution in [3.63, 3.8) is 0 Å². The molecule has 0 aromatic heterocycles. The van der Waals surface area contributed by atoms with E-state index in [1.807, 2.05) is 30.3 Å². The molecule has 1 saturated heterocycles.